The van der Waals surface area contributed by atoms with Crippen LogP contribution < -0.4 is 5.32 Å². The van der Waals surface area contributed by atoms with E-state index >= 15 is 0 Å². The number of hydrogen-bond acceptors (Lipinski definition) is 5. The van der Waals surface area contributed by atoms with Crippen LogP contribution in [0.25, 0.3) is 0 Å². The van der Waals surface area contributed by atoms with Gasteiger partial charge in [-0.05, 0) is 12.8 Å². The summed E-state index contributed by atoms with van der Waals surface area (Å²) < 4.78 is 19.2. The number of methoxy groups -OCH3 is 1. The summed E-state index contributed by atoms with van der Waals surface area (Å²) in [5, 5.41) is 10.9. The summed E-state index contributed by atoms with van der Waals surface area (Å²) in [5.74, 6) is 0.877. The van der Waals surface area contributed by atoms with Crippen LogP contribution in [0.2, 0.25) is 0 Å². The van der Waals surface area contributed by atoms with Crippen LogP contribution in [-0.2, 0) is 20.8 Å². The van der Waals surface area contributed by atoms with Gasteiger partial charge in [-0.1, -0.05) is 24.5 Å². The van der Waals surface area contributed by atoms with Crippen LogP contribution in [-0.4, -0.2) is 60.1 Å². The van der Waals surface area contributed by atoms with Crippen molar-refractivity contribution in [3.8, 4) is 0 Å². The lowest BCUT2D eigenvalue weighted by Crippen LogP contribution is -2.93. The van der Waals surface area contributed by atoms with Crippen LogP contribution in [0.4, 0.5) is 0 Å². The van der Waals surface area contributed by atoms with Gasteiger partial charge in [0.15, 0.2) is 0 Å². The first-order valence-corrected chi connectivity index (χ1v) is 9.31. The Kier molecular flexibility index (Phi) is 5.12. The van der Waals surface area contributed by atoms with Gasteiger partial charge in [-0.3, -0.25) is 0 Å². The van der Waals surface area contributed by atoms with Crippen LogP contribution in [0.3, 0.4) is 0 Å². The molecule has 0 bridgehead atoms. The van der Waals surface area contributed by atoms with E-state index in [0.717, 1.165) is 18.2 Å². The summed E-state index contributed by atoms with van der Waals surface area (Å²) in [5.41, 5.74) is 0.847. The Morgan fingerprint density at radius 2 is 2.04 bits per heavy atom. The predicted molar refractivity (Wildman–Crippen MR) is 86.4 cm³/mol. The molecule has 7 heteroatoms. The number of nitrogens with zero attached hydrogens (tertiary/aromatic N) is 3. The average molecular weight is 337 g/mol. The molecule has 3 fully saturated rings. The molecule has 1 saturated carbocycles. The number of fused-ring (bicyclic) bond motifs is 1. The van der Waals surface area contributed by atoms with Crippen LogP contribution in [0.1, 0.15) is 43.8 Å². The molecule has 0 aromatic carbocycles. The minimum atomic E-state index is 0.0923. The first-order valence-electron chi connectivity index (χ1n) is 9.31. The Balaban J connectivity index is 1.32. The molecule has 0 unspecified atom stereocenters. The quantitative estimate of drug-likeness (QED) is 0.807. The molecule has 0 radical (unpaired) electrons. The fourth-order valence-corrected chi connectivity index (χ4v) is 4.42. The van der Waals surface area contributed by atoms with Gasteiger partial charge in [-0.15, -0.1) is 5.10 Å². The minimum absolute atomic E-state index is 0.0923. The predicted octanol–water partition coefficient (Wildman–Crippen LogP) is 0.276. The zero-order chi connectivity index (χ0) is 16.4. The summed E-state index contributed by atoms with van der Waals surface area (Å²) in [6.45, 7) is 3.13. The summed E-state index contributed by atoms with van der Waals surface area (Å²) >= 11 is 0. The lowest BCUT2D eigenvalue weighted by atomic mass is 9.89. The van der Waals surface area contributed by atoms with E-state index in [-0.39, 0.29) is 18.2 Å². The topological polar surface area (TPSA) is 75.0 Å². The second-order valence-electron chi connectivity index (χ2n) is 7.43. The number of nitrogens with two attached hydrogens (primary N) is 1. The molecule has 0 amide bonds. The van der Waals surface area contributed by atoms with Gasteiger partial charge in [0.1, 0.15) is 36.6 Å². The van der Waals surface area contributed by atoms with E-state index in [1.165, 1.54) is 38.6 Å². The molecule has 2 N–H and O–H groups in total. The minimum Gasteiger partial charge on any atom is -0.378 e. The smallest absolute Gasteiger partial charge is 0.140 e. The van der Waals surface area contributed by atoms with Crippen molar-refractivity contribution >= 4 is 0 Å². The highest BCUT2D eigenvalue weighted by Gasteiger charge is 2.50. The van der Waals surface area contributed by atoms with Gasteiger partial charge in [0.2, 0.25) is 0 Å². The molecular formula is C17H29N4O3+. The monoisotopic (exact) mass is 337 g/mol. The Morgan fingerprint density at radius 3 is 2.88 bits per heavy atom. The van der Waals surface area contributed by atoms with E-state index in [9.17, 15) is 0 Å². The molecule has 4 rings (SSSR count). The number of hydrogen-bond donors (Lipinski definition) is 1. The second-order valence-corrected chi connectivity index (χ2v) is 7.43. The fraction of sp³-hybridized carbons (Fsp3) is 0.882. The number of rotatable bonds is 6. The van der Waals surface area contributed by atoms with Crippen LogP contribution >= 0.6 is 0 Å². The maximum absolute atomic E-state index is 6.09. The molecule has 7 nitrogen and oxygen atoms in total. The summed E-state index contributed by atoms with van der Waals surface area (Å²) in [7, 11) is 1.67. The van der Waals surface area contributed by atoms with Crippen LogP contribution in [0.5, 0.6) is 0 Å². The van der Waals surface area contributed by atoms with Crippen LogP contribution in [0.15, 0.2) is 6.20 Å². The van der Waals surface area contributed by atoms with E-state index in [4.69, 9.17) is 14.2 Å². The highest BCUT2D eigenvalue weighted by atomic mass is 16.6. The Labute approximate surface area is 143 Å². The van der Waals surface area contributed by atoms with Gasteiger partial charge >= 0.3 is 0 Å². The van der Waals surface area contributed by atoms with E-state index in [1.54, 1.807) is 7.11 Å². The molecule has 0 spiro atoms. The van der Waals surface area contributed by atoms with E-state index < -0.39 is 0 Å². The van der Waals surface area contributed by atoms with Crippen molar-refractivity contribution in [3.63, 3.8) is 0 Å². The third-order valence-electron chi connectivity index (χ3n) is 5.75. The maximum atomic E-state index is 6.09. The second kappa shape index (κ2) is 7.47. The first-order chi connectivity index (χ1) is 11.8. The number of ether oxygens (including phenoxy) is 3. The number of aromatic nitrogens is 3. The highest BCUT2D eigenvalue weighted by molar-refractivity contribution is 4.99. The third-order valence-corrected chi connectivity index (χ3v) is 5.75. The van der Waals surface area contributed by atoms with Gasteiger partial charge in [-0.2, -0.15) is 0 Å². The van der Waals surface area contributed by atoms with Crippen molar-refractivity contribution in [1.82, 2.24) is 15.0 Å². The Hall–Kier alpha value is -1.02. The summed E-state index contributed by atoms with van der Waals surface area (Å²) in [6, 6.07) is 0.546. The molecule has 4 atom stereocenters. The normalized spacial score (nSPS) is 33.9. The van der Waals surface area contributed by atoms with Gasteiger partial charge in [0.25, 0.3) is 0 Å². The maximum Gasteiger partial charge on any atom is 0.140 e. The van der Waals surface area contributed by atoms with Gasteiger partial charge < -0.3 is 19.5 Å². The zero-order valence-electron chi connectivity index (χ0n) is 14.5. The molecule has 3 aliphatic rings. The van der Waals surface area contributed by atoms with Crippen molar-refractivity contribution in [2.24, 2.45) is 5.92 Å². The standard InChI is InChI=1S/C17H28N4O3/c1-22-9-13-8-21(20-19-13)15-11-24-16-14(10-23-17(15)16)18-7-12-5-3-2-4-6-12/h8,12,14-18H,2-7,9-11H2,1H3/p+1/t14-,15-,16+,17+/m0/s1. The Bertz CT molecular complexity index is 532. The molecule has 2 saturated heterocycles. The van der Waals surface area contributed by atoms with E-state index in [0.29, 0.717) is 19.3 Å². The van der Waals surface area contributed by atoms with Crippen LogP contribution in [0, 0.1) is 5.92 Å². The molecule has 1 aromatic rings. The fourth-order valence-electron chi connectivity index (χ4n) is 4.42. The van der Waals surface area contributed by atoms with E-state index in [2.05, 4.69) is 15.6 Å². The SMILES string of the molecule is COCc1cn([C@H]2CO[C@H]3[C@@H]2OC[C@@H]3[NH2+]CC2CCCCC2)nn1. The van der Waals surface area contributed by atoms with Crippen molar-refractivity contribution < 1.29 is 19.5 Å². The lowest BCUT2D eigenvalue weighted by molar-refractivity contribution is -0.698. The zero-order valence-corrected chi connectivity index (χ0v) is 14.5. The lowest BCUT2D eigenvalue weighted by Gasteiger charge is -2.22. The average Bonchev–Trinajstić information content (AvgIpc) is 3.31. The molecule has 1 aliphatic carbocycles. The largest absolute Gasteiger partial charge is 0.378 e. The van der Waals surface area contributed by atoms with Gasteiger partial charge in [0, 0.05) is 13.0 Å². The third kappa shape index (κ3) is 3.35. The molecule has 1 aromatic heterocycles. The molecular weight excluding hydrogens is 308 g/mol. The molecule has 24 heavy (non-hydrogen) atoms. The van der Waals surface area contributed by atoms with E-state index in [1.807, 2.05) is 10.9 Å². The Morgan fingerprint density at radius 1 is 1.21 bits per heavy atom. The van der Waals surface area contributed by atoms with Crippen molar-refractivity contribution in [1.29, 1.82) is 0 Å². The summed E-state index contributed by atoms with van der Waals surface area (Å²) in [6.07, 6.45) is 9.22. The van der Waals surface area contributed by atoms with Crippen molar-refractivity contribution in [2.45, 2.75) is 63.0 Å². The molecule has 3 heterocycles. The summed E-state index contributed by atoms with van der Waals surface area (Å²) in [4.78, 5) is 0. The highest BCUT2D eigenvalue weighted by Crippen LogP contribution is 2.33. The van der Waals surface area contributed by atoms with Crippen molar-refractivity contribution in [2.75, 3.05) is 26.9 Å². The first kappa shape index (κ1) is 16.4. The van der Waals surface area contributed by atoms with Gasteiger partial charge in [-0.25, -0.2) is 4.68 Å². The molecule has 134 valence electrons. The molecule has 2 aliphatic heterocycles. The number of quaternary nitrogens is 1. The van der Waals surface area contributed by atoms with Gasteiger partial charge in [0.05, 0.1) is 26.0 Å². The van der Waals surface area contributed by atoms with Crippen molar-refractivity contribution in [3.05, 3.63) is 11.9 Å².